The highest BCUT2D eigenvalue weighted by Crippen LogP contribution is 2.25. The molecule has 0 aliphatic heterocycles. The van der Waals surface area contributed by atoms with E-state index in [1.165, 1.54) is 6.42 Å². The van der Waals surface area contributed by atoms with Gasteiger partial charge in [0.05, 0.1) is 6.61 Å². The third-order valence-electron chi connectivity index (χ3n) is 4.01. The predicted octanol–water partition coefficient (Wildman–Crippen LogP) is 3.10. The topological polar surface area (TPSA) is 55.4 Å². The lowest BCUT2D eigenvalue weighted by molar-refractivity contribution is -0.120. The molecular formula is C17H25NO3S. The standard InChI is InChI=1S/C17H25NO3S/c1-21-10-11-22(20)13-14-6-5-9-16(12-14)18-17(19)15-7-3-2-4-8-15/h5-6,9,12,15H,2-4,7-8,10-11,13H2,1H3,(H,18,19)/t22-/m1/s1. The third-order valence-corrected chi connectivity index (χ3v) is 5.29. The van der Waals surface area contributed by atoms with E-state index in [0.717, 1.165) is 36.9 Å². The lowest BCUT2D eigenvalue weighted by Gasteiger charge is -2.20. The maximum Gasteiger partial charge on any atom is 0.227 e. The Kier molecular flexibility index (Phi) is 7.06. The average Bonchev–Trinajstić information content (AvgIpc) is 2.54. The van der Waals surface area contributed by atoms with Crippen LogP contribution in [0.2, 0.25) is 0 Å². The summed E-state index contributed by atoms with van der Waals surface area (Å²) in [6.45, 7) is 0.505. The fourth-order valence-corrected chi connectivity index (χ4v) is 3.83. The monoisotopic (exact) mass is 323 g/mol. The van der Waals surface area contributed by atoms with Crippen molar-refractivity contribution in [2.75, 3.05) is 24.8 Å². The van der Waals surface area contributed by atoms with Crippen LogP contribution in [0.15, 0.2) is 24.3 Å². The van der Waals surface area contributed by atoms with Crippen LogP contribution in [0.1, 0.15) is 37.7 Å². The van der Waals surface area contributed by atoms with Gasteiger partial charge in [-0.3, -0.25) is 9.00 Å². The second-order valence-electron chi connectivity index (χ2n) is 5.81. The summed E-state index contributed by atoms with van der Waals surface area (Å²) >= 11 is 0. The second kappa shape index (κ2) is 9.06. The Labute approximate surface area is 135 Å². The molecule has 4 nitrogen and oxygen atoms in total. The summed E-state index contributed by atoms with van der Waals surface area (Å²) < 4.78 is 16.8. The van der Waals surface area contributed by atoms with Crippen LogP contribution in [0.3, 0.4) is 0 Å². The normalized spacial score (nSPS) is 17.1. The van der Waals surface area contributed by atoms with Crippen molar-refractivity contribution in [3.63, 3.8) is 0 Å². The number of rotatable bonds is 7. The Bertz CT molecular complexity index is 512. The van der Waals surface area contributed by atoms with Crippen LogP contribution in [0, 0.1) is 5.92 Å². The Hall–Kier alpha value is -1.20. The highest BCUT2D eigenvalue weighted by molar-refractivity contribution is 7.84. The number of benzene rings is 1. The first-order chi connectivity index (χ1) is 10.7. The molecule has 122 valence electrons. The highest BCUT2D eigenvalue weighted by Gasteiger charge is 2.21. The molecule has 0 bridgehead atoms. The van der Waals surface area contributed by atoms with Gasteiger partial charge >= 0.3 is 0 Å². The van der Waals surface area contributed by atoms with Crippen molar-refractivity contribution in [1.29, 1.82) is 0 Å². The second-order valence-corrected chi connectivity index (χ2v) is 7.38. The first kappa shape index (κ1) is 17.2. The molecule has 1 aliphatic rings. The van der Waals surface area contributed by atoms with Crippen LogP contribution in [0.5, 0.6) is 0 Å². The molecule has 22 heavy (non-hydrogen) atoms. The first-order valence-electron chi connectivity index (χ1n) is 7.93. The summed E-state index contributed by atoms with van der Waals surface area (Å²) in [6.07, 6.45) is 5.53. The lowest BCUT2D eigenvalue weighted by Crippen LogP contribution is -2.24. The number of methoxy groups -OCH3 is 1. The molecule has 1 aromatic carbocycles. The zero-order valence-electron chi connectivity index (χ0n) is 13.2. The van der Waals surface area contributed by atoms with Gasteiger partial charge in [0, 0.05) is 41.0 Å². The molecule has 5 heteroatoms. The Morgan fingerprint density at radius 1 is 1.32 bits per heavy atom. The largest absolute Gasteiger partial charge is 0.384 e. The van der Waals surface area contributed by atoms with Gasteiger partial charge in [-0.05, 0) is 30.5 Å². The average molecular weight is 323 g/mol. The minimum Gasteiger partial charge on any atom is -0.384 e. The first-order valence-corrected chi connectivity index (χ1v) is 9.41. The van der Waals surface area contributed by atoms with Crippen molar-refractivity contribution in [3.05, 3.63) is 29.8 Å². The van der Waals surface area contributed by atoms with E-state index in [1.807, 2.05) is 24.3 Å². The number of hydrogen-bond acceptors (Lipinski definition) is 3. The van der Waals surface area contributed by atoms with Crippen LogP contribution in [-0.2, 0) is 26.1 Å². The Balaban J connectivity index is 1.90. The maximum absolute atomic E-state index is 12.3. The number of nitrogens with one attached hydrogen (secondary N) is 1. The fraction of sp³-hybridized carbons (Fsp3) is 0.588. The molecular weight excluding hydrogens is 298 g/mol. The molecule has 0 saturated heterocycles. The van der Waals surface area contributed by atoms with E-state index in [-0.39, 0.29) is 11.8 Å². The summed E-state index contributed by atoms with van der Waals surface area (Å²) in [5.74, 6) is 1.30. The summed E-state index contributed by atoms with van der Waals surface area (Å²) in [4.78, 5) is 12.3. The highest BCUT2D eigenvalue weighted by atomic mass is 32.2. The maximum atomic E-state index is 12.3. The van der Waals surface area contributed by atoms with Gasteiger partial charge in [-0.2, -0.15) is 0 Å². The van der Waals surface area contributed by atoms with E-state index < -0.39 is 10.8 Å². The van der Waals surface area contributed by atoms with Gasteiger partial charge in [-0.1, -0.05) is 31.4 Å². The quantitative estimate of drug-likeness (QED) is 0.839. The third kappa shape index (κ3) is 5.54. The van der Waals surface area contributed by atoms with Crippen molar-refractivity contribution in [2.24, 2.45) is 5.92 Å². The molecule has 1 saturated carbocycles. The zero-order valence-corrected chi connectivity index (χ0v) is 14.0. The minimum absolute atomic E-state index is 0.123. The predicted molar refractivity (Wildman–Crippen MR) is 90.2 cm³/mol. The lowest BCUT2D eigenvalue weighted by atomic mass is 9.88. The summed E-state index contributed by atoms with van der Waals surface area (Å²) in [5.41, 5.74) is 1.78. The summed E-state index contributed by atoms with van der Waals surface area (Å²) in [7, 11) is 0.676. The number of hydrogen-bond donors (Lipinski definition) is 1. The molecule has 0 unspecified atom stereocenters. The van der Waals surface area contributed by atoms with Gasteiger partial charge in [-0.25, -0.2) is 0 Å². The minimum atomic E-state index is -0.934. The zero-order chi connectivity index (χ0) is 15.8. The van der Waals surface area contributed by atoms with Crippen molar-refractivity contribution in [1.82, 2.24) is 0 Å². The molecule has 0 aromatic heterocycles. The number of amides is 1. The number of anilines is 1. The Morgan fingerprint density at radius 3 is 2.82 bits per heavy atom. The molecule has 1 aliphatic carbocycles. The van der Waals surface area contributed by atoms with E-state index >= 15 is 0 Å². The van der Waals surface area contributed by atoms with Crippen LogP contribution >= 0.6 is 0 Å². The molecule has 1 aromatic rings. The summed E-state index contributed by atoms with van der Waals surface area (Å²) in [6, 6.07) is 7.66. The van der Waals surface area contributed by atoms with Crippen molar-refractivity contribution >= 4 is 22.4 Å². The van der Waals surface area contributed by atoms with E-state index in [1.54, 1.807) is 7.11 Å². The molecule has 1 atom stereocenters. The van der Waals surface area contributed by atoms with Gasteiger partial charge in [0.2, 0.25) is 5.91 Å². The van der Waals surface area contributed by atoms with Gasteiger partial charge < -0.3 is 10.1 Å². The Morgan fingerprint density at radius 2 is 2.09 bits per heavy atom. The fourth-order valence-electron chi connectivity index (χ4n) is 2.78. The van der Waals surface area contributed by atoms with Gasteiger partial charge in [-0.15, -0.1) is 0 Å². The number of carbonyl (C=O) groups is 1. The number of ether oxygens (including phenoxy) is 1. The van der Waals surface area contributed by atoms with Crippen molar-refractivity contribution in [2.45, 2.75) is 37.9 Å². The van der Waals surface area contributed by atoms with Crippen LogP contribution in [0.4, 0.5) is 5.69 Å². The van der Waals surface area contributed by atoms with E-state index in [0.29, 0.717) is 18.1 Å². The molecule has 1 fully saturated rings. The molecule has 1 amide bonds. The van der Waals surface area contributed by atoms with Crippen molar-refractivity contribution in [3.8, 4) is 0 Å². The molecule has 0 radical (unpaired) electrons. The summed E-state index contributed by atoms with van der Waals surface area (Å²) in [5, 5.41) is 3.01. The van der Waals surface area contributed by atoms with Crippen LogP contribution in [0.25, 0.3) is 0 Å². The molecule has 0 heterocycles. The number of carbonyl (C=O) groups excluding carboxylic acids is 1. The van der Waals surface area contributed by atoms with E-state index in [4.69, 9.17) is 4.74 Å². The molecule has 1 N–H and O–H groups in total. The van der Waals surface area contributed by atoms with E-state index in [9.17, 15) is 9.00 Å². The molecule has 0 spiro atoms. The van der Waals surface area contributed by atoms with Gasteiger partial charge in [0.25, 0.3) is 0 Å². The van der Waals surface area contributed by atoms with Gasteiger partial charge in [0.1, 0.15) is 0 Å². The van der Waals surface area contributed by atoms with Crippen LogP contribution in [-0.4, -0.2) is 29.6 Å². The van der Waals surface area contributed by atoms with E-state index in [2.05, 4.69) is 5.32 Å². The molecule has 2 rings (SSSR count). The van der Waals surface area contributed by atoms with Crippen LogP contribution < -0.4 is 5.32 Å². The van der Waals surface area contributed by atoms with Crippen molar-refractivity contribution < 1.29 is 13.7 Å². The smallest absolute Gasteiger partial charge is 0.227 e. The van der Waals surface area contributed by atoms with Gasteiger partial charge in [0.15, 0.2) is 0 Å². The SMILES string of the molecule is COCC[S@@](=O)Cc1cccc(NC(=O)C2CCCCC2)c1.